The summed E-state index contributed by atoms with van der Waals surface area (Å²) in [5, 5.41) is 29.3. The highest BCUT2D eigenvalue weighted by Gasteiger charge is 2.42. The highest BCUT2D eigenvalue weighted by Crippen LogP contribution is 2.46. The number of nitro benzene ring substituents is 1. The molecule has 2 amide bonds. The van der Waals surface area contributed by atoms with Crippen molar-refractivity contribution < 1.29 is 14.5 Å². The van der Waals surface area contributed by atoms with E-state index in [9.17, 15) is 30.2 Å². The van der Waals surface area contributed by atoms with Crippen LogP contribution in [-0.2, 0) is 9.59 Å². The van der Waals surface area contributed by atoms with Crippen LogP contribution in [0, 0.1) is 32.8 Å². The summed E-state index contributed by atoms with van der Waals surface area (Å²) < 4.78 is 0. The fourth-order valence-electron chi connectivity index (χ4n) is 3.52. The summed E-state index contributed by atoms with van der Waals surface area (Å²) in [6.45, 7) is 0. The Morgan fingerprint density at radius 2 is 1.81 bits per heavy atom. The topological polar surface area (TPSA) is 167 Å². The first-order valence-corrected chi connectivity index (χ1v) is 10.1. The number of carbonyl (C=O) groups is 2. The van der Waals surface area contributed by atoms with Crippen LogP contribution in [-0.4, -0.2) is 27.0 Å². The van der Waals surface area contributed by atoms with Gasteiger partial charge in [0.25, 0.3) is 5.69 Å². The molecule has 0 bridgehead atoms. The van der Waals surface area contributed by atoms with Crippen LogP contribution >= 0.6 is 11.8 Å². The van der Waals surface area contributed by atoms with E-state index < -0.39 is 22.0 Å². The minimum Gasteiger partial charge on any atom is -0.383 e. The van der Waals surface area contributed by atoms with Crippen molar-refractivity contribution in [2.75, 3.05) is 10.6 Å². The second-order valence-corrected chi connectivity index (χ2v) is 8.31. The molecule has 1 aromatic heterocycles. The Bertz CT molecular complexity index is 1210. The number of nitrogens with two attached hydrogens (primary N) is 1. The van der Waals surface area contributed by atoms with Crippen molar-refractivity contribution in [2.24, 2.45) is 0 Å². The summed E-state index contributed by atoms with van der Waals surface area (Å²) in [7, 11) is 0. The van der Waals surface area contributed by atoms with Crippen LogP contribution in [0.5, 0.6) is 0 Å². The molecule has 2 N–H and O–H groups in total. The molecule has 0 unspecified atom stereocenters. The van der Waals surface area contributed by atoms with Crippen molar-refractivity contribution in [3.63, 3.8) is 0 Å². The molecule has 10 nitrogen and oxygen atoms in total. The quantitative estimate of drug-likeness (QED) is 0.422. The van der Waals surface area contributed by atoms with Gasteiger partial charge in [-0.3, -0.25) is 19.7 Å². The van der Waals surface area contributed by atoms with Gasteiger partial charge in [0.15, 0.2) is 0 Å². The Labute approximate surface area is 180 Å². The number of nitro groups is 1. The van der Waals surface area contributed by atoms with E-state index in [1.165, 1.54) is 24.3 Å². The zero-order valence-electron chi connectivity index (χ0n) is 15.9. The molecule has 1 atom stereocenters. The maximum Gasteiger partial charge on any atom is 0.269 e. The lowest BCUT2D eigenvalue weighted by Crippen LogP contribution is -2.31. The average Bonchev–Trinajstić information content (AvgIpc) is 3.54. The van der Waals surface area contributed by atoms with Crippen molar-refractivity contribution in [1.82, 2.24) is 4.98 Å². The number of nitrogens with zero attached hydrogens (tertiary/aromatic N) is 5. The number of nitriles is 2. The first-order valence-electron chi connectivity index (χ1n) is 9.27. The Morgan fingerprint density at radius 1 is 1.16 bits per heavy atom. The molecule has 2 fully saturated rings. The molecule has 11 heteroatoms. The van der Waals surface area contributed by atoms with E-state index in [1.54, 1.807) is 0 Å². The highest BCUT2D eigenvalue weighted by molar-refractivity contribution is 8.00. The largest absolute Gasteiger partial charge is 0.383 e. The maximum atomic E-state index is 12.9. The first-order chi connectivity index (χ1) is 14.8. The second kappa shape index (κ2) is 7.70. The van der Waals surface area contributed by atoms with Gasteiger partial charge in [-0.1, -0.05) is 11.8 Å². The van der Waals surface area contributed by atoms with Crippen molar-refractivity contribution in [2.45, 2.75) is 35.5 Å². The lowest BCUT2D eigenvalue weighted by molar-refractivity contribution is -0.384. The van der Waals surface area contributed by atoms with E-state index in [2.05, 4.69) is 11.1 Å². The molecule has 31 heavy (non-hydrogen) atoms. The number of benzene rings is 1. The predicted molar refractivity (Wildman–Crippen MR) is 110 cm³/mol. The molecule has 0 spiro atoms. The summed E-state index contributed by atoms with van der Waals surface area (Å²) in [6, 6.07) is 9.21. The number of imide groups is 1. The molecule has 1 aliphatic carbocycles. The zero-order valence-corrected chi connectivity index (χ0v) is 16.8. The van der Waals surface area contributed by atoms with Gasteiger partial charge in [-0.15, -0.1) is 0 Å². The lowest BCUT2D eigenvalue weighted by atomic mass is 10.0. The van der Waals surface area contributed by atoms with Crippen LogP contribution in [0.1, 0.15) is 41.9 Å². The average molecular weight is 434 g/mol. The van der Waals surface area contributed by atoms with Crippen molar-refractivity contribution in [3.8, 4) is 12.1 Å². The molecule has 2 aliphatic rings. The number of pyridine rings is 1. The van der Waals surface area contributed by atoms with E-state index >= 15 is 0 Å². The van der Waals surface area contributed by atoms with Crippen molar-refractivity contribution in [3.05, 3.63) is 51.1 Å². The Kier molecular flexibility index (Phi) is 5.05. The minimum atomic E-state index is -0.832. The van der Waals surface area contributed by atoms with Gasteiger partial charge in [0.2, 0.25) is 11.8 Å². The van der Waals surface area contributed by atoms with Gasteiger partial charge < -0.3 is 5.73 Å². The van der Waals surface area contributed by atoms with E-state index in [4.69, 9.17) is 5.73 Å². The summed E-state index contributed by atoms with van der Waals surface area (Å²) in [6.07, 6.45) is 1.56. The monoisotopic (exact) mass is 434 g/mol. The Morgan fingerprint density at radius 3 is 2.35 bits per heavy atom. The van der Waals surface area contributed by atoms with Gasteiger partial charge in [0, 0.05) is 18.6 Å². The molecule has 1 saturated heterocycles. The van der Waals surface area contributed by atoms with E-state index in [0.717, 1.165) is 29.5 Å². The molecule has 1 aromatic carbocycles. The van der Waals surface area contributed by atoms with E-state index in [-0.39, 0.29) is 45.7 Å². The standard InChI is InChI=1S/C20H14N6O4S/c21-8-13-17(10-1-2-10)14(9-22)19(24-18(13)23)31-15-7-16(27)25(20(15)28)11-3-5-12(6-4-11)26(29)30/h3-6,10,15H,1-2,7H2,(H2,23,24)/t15-/m1/s1. The van der Waals surface area contributed by atoms with E-state index in [1.807, 2.05) is 6.07 Å². The molecule has 0 radical (unpaired) electrons. The van der Waals surface area contributed by atoms with Crippen LogP contribution in [0.4, 0.5) is 17.2 Å². The molecular formula is C20H14N6O4S. The van der Waals surface area contributed by atoms with E-state index in [0.29, 0.717) is 5.56 Å². The summed E-state index contributed by atoms with van der Waals surface area (Å²) in [5.74, 6) is -0.911. The van der Waals surface area contributed by atoms with Crippen molar-refractivity contribution >= 4 is 40.8 Å². The fraction of sp³-hybridized carbons (Fsp3) is 0.250. The van der Waals surface area contributed by atoms with Crippen LogP contribution in [0.25, 0.3) is 0 Å². The maximum absolute atomic E-state index is 12.9. The van der Waals surface area contributed by atoms with Crippen molar-refractivity contribution in [1.29, 1.82) is 10.5 Å². The predicted octanol–water partition coefficient (Wildman–Crippen LogP) is 2.62. The molecule has 1 saturated carbocycles. The highest BCUT2D eigenvalue weighted by atomic mass is 32.2. The third kappa shape index (κ3) is 3.56. The number of anilines is 2. The number of rotatable bonds is 5. The van der Waals surface area contributed by atoms with Gasteiger partial charge in [-0.25, -0.2) is 9.88 Å². The summed E-state index contributed by atoms with van der Waals surface area (Å²) >= 11 is 0.970. The molecule has 4 rings (SSSR count). The Balaban J connectivity index is 1.65. The van der Waals surface area contributed by atoms with Gasteiger partial charge >= 0.3 is 0 Å². The van der Waals surface area contributed by atoms with Crippen LogP contribution in [0.3, 0.4) is 0 Å². The molecule has 2 aromatic rings. The smallest absolute Gasteiger partial charge is 0.269 e. The number of hydrogen-bond acceptors (Lipinski definition) is 9. The molecule has 1 aliphatic heterocycles. The minimum absolute atomic E-state index is 0.00472. The number of carbonyl (C=O) groups excluding carboxylic acids is 2. The molecular weight excluding hydrogens is 420 g/mol. The number of hydrogen-bond donors (Lipinski definition) is 1. The SMILES string of the molecule is N#Cc1c(N)nc(S[C@@H]2CC(=O)N(c3ccc([N+](=O)[O-])cc3)C2=O)c(C#N)c1C1CC1. The zero-order chi connectivity index (χ0) is 22.3. The van der Waals surface area contributed by atoms with Crippen LogP contribution in [0.2, 0.25) is 0 Å². The van der Waals surface area contributed by atoms with Gasteiger partial charge in [-0.05, 0) is 36.5 Å². The molecule has 154 valence electrons. The van der Waals surface area contributed by atoms with Gasteiger partial charge in [0.05, 0.1) is 27.0 Å². The first kappa shape index (κ1) is 20.3. The third-order valence-electron chi connectivity index (χ3n) is 5.12. The molecule has 2 heterocycles. The number of non-ortho nitro benzene ring substituents is 1. The van der Waals surface area contributed by atoms with Crippen LogP contribution < -0.4 is 10.6 Å². The van der Waals surface area contributed by atoms with Crippen LogP contribution in [0.15, 0.2) is 29.3 Å². The summed E-state index contributed by atoms with van der Waals surface area (Å²) in [5.41, 5.74) is 6.98. The number of aromatic nitrogens is 1. The second-order valence-electron chi connectivity index (χ2n) is 7.12. The normalized spacial score (nSPS) is 18.0. The number of thioether (sulfide) groups is 1. The number of nitrogen functional groups attached to an aromatic ring is 1. The fourth-order valence-corrected chi connectivity index (χ4v) is 4.64. The summed E-state index contributed by atoms with van der Waals surface area (Å²) in [4.78, 5) is 40.9. The van der Waals surface area contributed by atoms with Gasteiger partial charge in [-0.2, -0.15) is 10.5 Å². The Hall–Kier alpha value is -3.96. The van der Waals surface area contributed by atoms with Gasteiger partial charge in [0.1, 0.15) is 23.0 Å². The lowest BCUT2D eigenvalue weighted by Gasteiger charge is -2.16. The third-order valence-corrected chi connectivity index (χ3v) is 6.29. The number of amides is 2.